The van der Waals surface area contributed by atoms with E-state index in [9.17, 15) is 9.59 Å². The van der Waals surface area contributed by atoms with Crippen LogP contribution in [0.3, 0.4) is 0 Å². The van der Waals surface area contributed by atoms with Crippen molar-refractivity contribution in [1.82, 2.24) is 0 Å². The number of carbonyl (C=O) groups is 2. The summed E-state index contributed by atoms with van der Waals surface area (Å²) in [7, 11) is 2.90. The molecule has 4 aromatic rings. The Bertz CT molecular complexity index is 1700. The van der Waals surface area contributed by atoms with Gasteiger partial charge in [-0.05, 0) is 23.3 Å². The van der Waals surface area contributed by atoms with Crippen LogP contribution in [0, 0.1) is 0 Å². The maximum absolute atomic E-state index is 14.3. The molecule has 1 unspecified atom stereocenters. The summed E-state index contributed by atoms with van der Waals surface area (Å²) in [5.41, 5.74) is 1.97. The van der Waals surface area contributed by atoms with Gasteiger partial charge in [0.2, 0.25) is 25.1 Å². The molecule has 0 N–H and O–H groups in total. The standard InChI is InChI=1S/C38H34O10/c1-5-13-27(23-15-9-7-10-16-23)47-37(39)25-19-29(41-3)33-35(45-21-43-33)31(25)32-26(20-30(42-4)34-36(32)46-22-44-34)38(40)48-28(14-6-2)24-17-11-8-12-18-24/h5-12,15-20,27-28H,1-2,13-14,21-22H2,3-4H3/t27-,28?/m1/s1. The summed E-state index contributed by atoms with van der Waals surface area (Å²) in [6.45, 7) is 7.36. The largest absolute Gasteiger partial charge is 0.493 e. The summed E-state index contributed by atoms with van der Waals surface area (Å²) in [5.74, 6) is -0.159. The van der Waals surface area contributed by atoms with E-state index in [-0.39, 0.29) is 70.3 Å². The molecule has 0 bridgehead atoms. The second-order valence-corrected chi connectivity index (χ2v) is 10.8. The fourth-order valence-corrected chi connectivity index (χ4v) is 5.73. The molecule has 48 heavy (non-hydrogen) atoms. The van der Waals surface area contributed by atoms with Gasteiger partial charge in [-0.1, -0.05) is 72.8 Å². The van der Waals surface area contributed by atoms with Gasteiger partial charge >= 0.3 is 11.9 Å². The van der Waals surface area contributed by atoms with Gasteiger partial charge in [-0.15, -0.1) is 13.2 Å². The van der Waals surface area contributed by atoms with Crippen LogP contribution < -0.4 is 28.4 Å². The van der Waals surface area contributed by atoms with Crippen LogP contribution in [0.1, 0.15) is 56.9 Å². The first-order valence-corrected chi connectivity index (χ1v) is 15.2. The van der Waals surface area contributed by atoms with Crippen molar-refractivity contribution in [1.29, 1.82) is 0 Å². The minimum absolute atomic E-state index is 0.0312. The molecule has 0 aliphatic carbocycles. The molecule has 0 amide bonds. The Hall–Kier alpha value is -5.90. The number of fused-ring (bicyclic) bond motifs is 2. The predicted octanol–water partition coefficient (Wildman–Crippen LogP) is 7.78. The maximum Gasteiger partial charge on any atom is 0.339 e. The van der Waals surface area contributed by atoms with Crippen molar-refractivity contribution < 1.29 is 47.5 Å². The summed E-state index contributed by atoms with van der Waals surface area (Å²) in [4.78, 5) is 28.6. The van der Waals surface area contributed by atoms with Crippen LogP contribution in [0.4, 0.5) is 0 Å². The molecule has 0 spiro atoms. The van der Waals surface area contributed by atoms with E-state index in [4.69, 9.17) is 37.9 Å². The molecule has 0 saturated carbocycles. The normalized spacial score (nSPS) is 13.6. The van der Waals surface area contributed by atoms with Crippen molar-refractivity contribution >= 4 is 11.9 Å². The molecular weight excluding hydrogens is 616 g/mol. The van der Waals surface area contributed by atoms with Crippen LogP contribution in [0.5, 0.6) is 34.5 Å². The zero-order chi connectivity index (χ0) is 33.6. The average Bonchev–Trinajstić information content (AvgIpc) is 3.82. The van der Waals surface area contributed by atoms with Gasteiger partial charge in [0, 0.05) is 24.0 Å². The monoisotopic (exact) mass is 650 g/mol. The number of methoxy groups -OCH3 is 2. The summed E-state index contributed by atoms with van der Waals surface area (Å²) in [6.07, 6.45) is 2.74. The molecular formula is C38H34O10. The Labute approximate surface area is 278 Å². The molecule has 2 heterocycles. The Morgan fingerprint density at radius 2 is 1.02 bits per heavy atom. The number of rotatable bonds is 13. The van der Waals surface area contributed by atoms with Crippen molar-refractivity contribution in [2.24, 2.45) is 0 Å². The van der Waals surface area contributed by atoms with Crippen LogP contribution in [0.25, 0.3) is 11.1 Å². The molecule has 2 aliphatic rings. The molecule has 0 fully saturated rings. The average molecular weight is 651 g/mol. The highest BCUT2D eigenvalue weighted by atomic mass is 16.7. The molecule has 6 rings (SSSR count). The lowest BCUT2D eigenvalue weighted by molar-refractivity contribution is 0.0291. The number of hydrogen-bond acceptors (Lipinski definition) is 10. The predicted molar refractivity (Wildman–Crippen MR) is 176 cm³/mol. The number of ether oxygens (including phenoxy) is 8. The maximum atomic E-state index is 14.3. The third kappa shape index (κ3) is 6.12. The van der Waals surface area contributed by atoms with E-state index in [0.29, 0.717) is 12.8 Å². The Morgan fingerprint density at radius 3 is 1.38 bits per heavy atom. The smallest absolute Gasteiger partial charge is 0.339 e. The van der Waals surface area contributed by atoms with Crippen molar-refractivity contribution in [3.63, 3.8) is 0 Å². The Morgan fingerprint density at radius 1 is 0.646 bits per heavy atom. The second-order valence-electron chi connectivity index (χ2n) is 10.8. The fourth-order valence-electron chi connectivity index (χ4n) is 5.73. The molecule has 10 nitrogen and oxygen atoms in total. The van der Waals surface area contributed by atoms with Crippen molar-refractivity contribution in [3.05, 3.63) is 120 Å². The van der Waals surface area contributed by atoms with Gasteiger partial charge in [0.25, 0.3) is 0 Å². The van der Waals surface area contributed by atoms with Crippen LogP contribution in [0.15, 0.2) is 98.1 Å². The van der Waals surface area contributed by atoms with E-state index in [2.05, 4.69) is 13.2 Å². The van der Waals surface area contributed by atoms with Crippen molar-refractivity contribution in [3.8, 4) is 45.6 Å². The lowest BCUT2D eigenvalue weighted by Gasteiger charge is -2.22. The fraction of sp³-hybridized carbons (Fsp3) is 0.211. The zero-order valence-electron chi connectivity index (χ0n) is 26.6. The summed E-state index contributed by atoms with van der Waals surface area (Å²) in [6, 6.07) is 21.6. The molecule has 10 heteroatoms. The van der Waals surface area contributed by atoms with Gasteiger partial charge in [-0.3, -0.25) is 0 Å². The van der Waals surface area contributed by atoms with Crippen LogP contribution in [-0.2, 0) is 9.47 Å². The van der Waals surface area contributed by atoms with E-state index in [1.54, 1.807) is 12.2 Å². The molecule has 0 aromatic heterocycles. The minimum atomic E-state index is -0.714. The lowest BCUT2D eigenvalue weighted by Crippen LogP contribution is -2.15. The van der Waals surface area contributed by atoms with E-state index in [1.807, 2.05) is 60.7 Å². The number of benzene rings is 4. The lowest BCUT2D eigenvalue weighted by atomic mass is 9.91. The van der Waals surface area contributed by atoms with E-state index < -0.39 is 24.1 Å². The van der Waals surface area contributed by atoms with Crippen molar-refractivity contribution in [2.75, 3.05) is 27.8 Å². The Balaban J connectivity index is 1.54. The van der Waals surface area contributed by atoms with Gasteiger partial charge in [-0.25, -0.2) is 9.59 Å². The van der Waals surface area contributed by atoms with Gasteiger partial charge in [0.05, 0.1) is 25.3 Å². The third-order valence-corrected chi connectivity index (χ3v) is 7.95. The van der Waals surface area contributed by atoms with Crippen molar-refractivity contribution in [2.45, 2.75) is 25.0 Å². The third-order valence-electron chi connectivity index (χ3n) is 7.95. The van der Waals surface area contributed by atoms with Crippen LogP contribution in [0.2, 0.25) is 0 Å². The molecule has 0 saturated heterocycles. The molecule has 246 valence electrons. The van der Waals surface area contributed by atoms with E-state index in [0.717, 1.165) is 11.1 Å². The van der Waals surface area contributed by atoms with Crippen LogP contribution >= 0.6 is 0 Å². The highest BCUT2D eigenvalue weighted by Gasteiger charge is 2.38. The number of carbonyl (C=O) groups excluding carboxylic acids is 2. The SMILES string of the molecule is C=CCC(OC(=O)c1cc(OC)c2c(c1-c1c(C(=O)O[C@H](CC=C)c3ccccc3)cc(OC)c3c1OCO3)OCO2)c1ccccc1. The van der Waals surface area contributed by atoms with Crippen LogP contribution in [-0.4, -0.2) is 39.7 Å². The minimum Gasteiger partial charge on any atom is -0.493 e. The Kier molecular flexibility index (Phi) is 9.52. The van der Waals surface area contributed by atoms with Gasteiger partial charge in [0.15, 0.2) is 23.0 Å². The summed E-state index contributed by atoms with van der Waals surface area (Å²) >= 11 is 0. The van der Waals surface area contributed by atoms with E-state index in [1.165, 1.54) is 26.4 Å². The quantitative estimate of drug-likeness (QED) is 0.105. The van der Waals surface area contributed by atoms with Gasteiger partial charge in [0.1, 0.15) is 12.2 Å². The molecule has 0 radical (unpaired) electrons. The molecule has 2 atom stereocenters. The first-order chi connectivity index (χ1) is 23.5. The second kappa shape index (κ2) is 14.3. The first-order valence-electron chi connectivity index (χ1n) is 15.2. The zero-order valence-corrected chi connectivity index (χ0v) is 26.6. The molecule has 4 aromatic carbocycles. The highest BCUT2D eigenvalue weighted by Crippen LogP contribution is 2.57. The first kappa shape index (κ1) is 32.1. The number of esters is 2. The highest BCUT2D eigenvalue weighted by molar-refractivity contribution is 6.09. The summed E-state index contributed by atoms with van der Waals surface area (Å²) < 4.78 is 47.0. The topological polar surface area (TPSA) is 108 Å². The molecule has 2 aliphatic heterocycles. The van der Waals surface area contributed by atoms with Gasteiger partial charge in [-0.2, -0.15) is 0 Å². The van der Waals surface area contributed by atoms with E-state index >= 15 is 0 Å². The van der Waals surface area contributed by atoms with Gasteiger partial charge < -0.3 is 37.9 Å². The summed E-state index contributed by atoms with van der Waals surface area (Å²) in [5, 5.41) is 0. The number of hydrogen-bond donors (Lipinski definition) is 0.